The summed E-state index contributed by atoms with van der Waals surface area (Å²) in [5, 5.41) is 3.89. The van der Waals surface area contributed by atoms with Crippen molar-refractivity contribution in [3.63, 3.8) is 0 Å². The van der Waals surface area contributed by atoms with E-state index in [2.05, 4.69) is 40.5 Å². The van der Waals surface area contributed by atoms with Crippen molar-refractivity contribution >= 4 is 11.5 Å². The Hall–Kier alpha value is -1.46. The summed E-state index contributed by atoms with van der Waals surface area (Å²) in [4.78, 5) is 3.58. The number of nitrogens with zero attached hydrogens (tertiary/aromatic N) is 3. The van der Waals surface area contributed by atoms with Crippen molar-refractivity contribution in [1.82, 2.24) is 14.5 Å². The summed E-state index contributed by atoms with van der Waals surface area (Å²) >= 11 is 1.46. The van der Waals surface area contributed by atoms with E-state index in [9.17, 15) is 0 Å². The highest BCUT2D eigenvalue weighted by atomic mass is 32.1. The maximum atomic E-state index is 5.29. The average Bonchev–Trinajstić information content (AvgIpc) is 2.97. The Morgan fingerprint density at radius 1 is 1.42 bits per heavy atom. The van der Waals surface area contributed by atoms with E-state index in [1.54, 1.807) is 7.11 Å². The first-order valence-electron chi connectivity index (χ1n) is 6.38. The molecule has 19 heavy (non-hydrogen) atoms. The molecule has 0 fully saturated rings. The minimum absolute atomic E-state index is 0.335. The van der Waals surface area contributed by atoms with E-state index in [0.29, 0.717) is 6.04 Å². The van der Waals surface area contributed by atoms with Crippen LogP contribution in [0.15, 0.2) is 30.5 Å². The van der Waals surface area contributed by atoms with Gasteiger partial charge < -0.3 is 4.74 Å². The number of hydrogen-bond acceptors (Lipinski definition) is 5. The molecule has 4 nitrogen and oxygen atoms in total. The Morgan fingerprint density at radius 3 is 2.89 bits per heavy atom. The molecule has 0 saturated carbocycles. The van der Waals surface area contributed by atoms with Gasteiger partial charge in [0.15, 0.2) is 0 Å². The minimum atomic E-state index is 0.335. The maximum Gasteiger partial charge on any atom is 0.119 e. The van der Waals surface area contributed by atoms with Crippen molar-refractivity contribution in [2.75, 3.05) is 13.7 Å². The van der Waals surface area contributed by atoms with Gasteiger partial charge in [-0.15, -0.1) is 5.10 Å². The lowest BCUT2D eigenvalue weighted by Gasteiger charge is -2.27. The summed E-state index contributed by atoms with van der Waals surface area (Å²) in [6.07, 6.45) is 1.84. The van der Waals surface area contributed by atoms with Crippen LogP contribution in [0.3, 0.4) is 0 Å². The third kappa shape index (κ3) is 3.52. The predicted molar refractivity (Wildman–Crippen MR) is 77.4 cm³/mol. The van der Waals surface area contributed by atoms with Crippen LogP contribution in [0, 0.1) is 0 Å². The fraction of sp³-hybridized carbons (Fsp3) is 0.429. The highest BCUT2D eigenvalue weighted by molar-refractivity contribution is 7.05. The summed E-state index contributed by atoms with van der Waals surface area (Å²) in [6, 6.07) is 8.58. The van der Waals surface area contributed by atoms with Crippen LogP contribution in [0.4, 0.5) is 0 Å². The molecule has 1 unspecified atom stereocenters. The van der Waals surface area contributed by atoms with Gasteiger partial charge in [-0.1, -0.05) is 23.5 Å². The van der Waals surface area contributed by atoms with Crippen LogP contribution in [0.1, 0.15) is 30.3 Å². The normalized spacial score (nSPS) is 12.6. The van der Waals surface area contributed by atoms with Gasteiger partial charge in [-0.25, -0.2) is 0 Å². The van der Waals surface area contributed by atoms with Crippen molar-refractivity contribution in [2.24, 2.45) is 0 Å². The topological polar surface area (TPSA) is 38.2 Å². The van der Waals surface area contributed by atoms with Crippen molar-refractivity contribution in [3.8, 4) is 5.75 Å². The molecule has 0 aliphatic carbocycles. The van der Waals surface area contributed by atoms with Crippen LogP contribution >= 0.6 is 11.5 Å². The largest absolute Gasteiger partial charge is 0.497 e. The van der Waals surface area contributed by atoms with Crippen LogP contribution in [0.25, 0.3) is 0 Å². The summed E-state index contributed by atoms with van der Waals surface area (Å²) < 4.78 is 9.20. The second kappa shape index (κ2) is 6.63. The third-order valence-electron chi connectivity index (χ3n) is 3.30. The fourth-order valence-corrected chi connectivity index (χ4v) is 2.61. The van der Waals surface area contributed by atoms with Crippen LogP contribution in [0.5, 0.6) is 5.75 Å². The van der Waals surface area contributed by atoms with Crippen molar-refractivity contribution < 1.29 is 4.74 Å². The van der Waals surface area contributed by atoms with E-state index in [1.807, 2.05) is 18.3 Å². The second-order valence-electron chi connectivity index (χ2n) is 4.40. The van der Waals surface area contributed by atoms with Crippen molar-refractivity contribution in [2.45, 2.75) is 26.4 Å². The zero-order chi connectivity index (χ0) is 13.7. The van der Waals surface area contributed by atoms with Gasteiger partial charge in [0.2, 0.25) is 0 Å². The molecule has 0 aliphatic heterocycles. The number of benzene rings is 1. The van der Waals surface area contributed by atoms with Gasteiger partial charge in [0.1, 0.15) is 5.75 Å². The summed E-state index contributed by atoms with van der Waals surface area (Å²) in [6.45, 7) is 6.25. The molecule has 2 aromatic rings. The molecule has 0 amide bonds. The van der Waals surface area contributed by atoms with Crippen LogP contribution in [-0.2, 0) is 6.54 Å². The smallest absolute Gasteiger partial charge is 0.119 e. The lowest BCUT2D eigenvalue weighted by molar-refractivity contribution is 0.214. The van der Waals surface area contributed by atoms with Gasteiger partial charge in [-0.3, -0.25) is 4.90 Å². The van der Waals surface area contributed by atoms with Gasteiger partial charge in [-0.05, 0) is 42.7 Å². The molecular formula is C14H19N3OS. The number of aromatic nitrogens is 2. The molecule has 0 bridgehead atoms. The van der Waals surface area contributed by atoms with Gasteiger partial charge in [0.25, 0.3) is 0 Å². The van der Waals surface area contributed by atoms with E-state index in [4.69, 9.17) is 4.74 Å². The first kappa shape index (κ1) is 14.0. The monoisotopic (exact) mass is 277 g/mol. The molecule has 1 aromatic heterocycles. The Balaban J connectivity index is 2.12. The van der Waals surface area contributed by atoms with E-state index < -0.39 is 0 Å². The fourth-order valence-electron chi connectivity index (χ4n) is 2.09. The molecule has 1 aromatic carbocycles. The number of rotatable bonds is 6. The highest BCUT2D eigenvalue weighted by Gasteiger charge is 2.15. The number of hydrogen-bond donors (Lipinski definition) is 0. The lowest BCUT2D eigenvalue weighted by atomic mass is 10.1. The SMILES string of the molecule is CCN(Cc1cnns1)C(C)c1cccc(OC)c1. The molecule has 0 N–H and O–H groups in total. The molecule has 0 aliphatic rings. The second-order valence-corrected chi connectivity index (χ2v) is 5.27. The number of methoxy groups -OCH3 is 1. The van der Waals surface area contributed by atoms with E-state index in [-0.39, 0.29) is 0 Å². The third-order valence-corrected chi connectivity index (χ3v) is 3.94. The van der Waals surface area contributed by atoms with E-state index in [0.717, 1.165) is 18.8 Å². The Labute approximate surface area is 118 Å². The highest BCUT2D eigenvalue weighted by Crippen LogP contribution is 2.25. The standard InChI is InChI=1S/C14H19N3OS/c1-4-17(10-14-9-15-16-19-14)11(2)12-6-5-7-13(8-12)18-3/h5-9,11H,4,10H2,1-3H3. The maximum absolute atomic E-state index is 5.29. The van der Waals surface area contributed by atoms with E-state index in [1.165, 1.54) is 22.0 Å². The molecule has 1 heterocycles. The molecule has 5 heteroatoms. The van der Waals surface area contributed by atoms with Crippen LogP contribution < -0.4 is 4.74 Å². The van der Waals surface area contributed by atoms with Crippen molar-refractivity contribution in [1.29, 1.82) is 0 Å². The number of ether oxygens (including phenoxy) is 1. The average molecular weight is 277 g/mol. The summed E-state index contributed by atoms with van der Waals surface area (Å²) in [5.74, 6) is 0.903. The molecular weight excluding hydrogens is 258 g/mol. The first-order valence-corrected chi connectivity index (χ1v) is 7.16. The van der Waals surface area contributed by atoms with E-state index >= 15 is 0 Å². The van der Waals surface area contributed by atoms with Gasteiger partial charge in [-0.2, -0.15) is 0 Å². The quantitative estimate of drug-likeness (QED) is 0.813. The Kier molecular flexibility index (Phi) is 4.87. The van der Waals surface area contributed by atoms with Gasteiger partial charge in [0.05, 0.1) is 18.2 Å². The van der Waals surface area contributed by atoms with Crippen molar-refractivity contribution in [3.05, 3.63) is 40.9 Å². The zero-order valence-corrected chi connectivity index (χ0v) is 12.4. The first-order chi connectivity index (χ1) is 9.24. The molecule has 1 atom stereocenters. The summed E-state index contributed by atoms with van der Waals surface area (Å²) in [5.41, 5.74) is 1.26. The molecule has 102 valence electrons. The van der Waals surface area contributed by atoms with Gasteiger partial charge in [0, 0.05) is 12.6 Å². The minimum Gasteiger partial charge on any atom is -0.497 e. The molecule has 0 spiro atoms. The van der Waals surface area contributed by atoms with Gasteiger partial charge >= 0.3 is 0 Å². The Bertz CT molecular complexity index is 501. The Morgan fingerprint density at radius 2 is 2.26 bits per heavy atom. The molecule has 0 saturated heterocycles. The molecule has 0 radical (unpaired) electrons. The lowest BCUT2D eigenvalue weighted by Crippen LogP contribution is -2.26. The summed E-state index contributed by atoms with van der Waals surface area (Å²) in [7, 11) is 1.70. The van der Waals surface area contributed by atoms with Crippen LogP contribution in [-0.4, -0.2) is 28.1 Å². The van der Waals surface area contributed by atoms with Crippen LogP contribution in [0.2, 0.25) is 0 Å². The predicted octanol–water partition coefficient (Wildman–Crippen LogP) is 3.13. The molecule has 2 rings (SSSR count). The zero-order valence-electron chi connectivity index (χ0n) is 11.5.